The summed E-state index contributed by atoms with van der Waals surface area (Å²) in [6.07, 6.45) is 2.61. The topological polar surface area (TPSA) is 20.2 Å². The van der Waals surface area contributed by atoms with Crippen molar-refractivity contribution in [3.8, 4) is 0 Å². The molecule has 0 radical (unpaired) electrons. The molecule has 0 saturated carbocycles. The average Bonchev–Trinajstić information content (AvgIpc) is 2.44. The number of rotatable bonds is 2. The maximum atomic E-state index is 11.2. The van der Waals surface area contributed by atoms with Crippen molar-refractivity contribution in [2.45, 2.75) is 44.6 Å². The van der Waals surface area contributed by atoms with E-state index in [0.717, 1.165) is 18.4 Å². The van der Waals surface area contributed by atoms with Crippen LogP contribution in [0.25, 0.3) is 0 Å². The fraction of sp³-hybridized carbons (Fsp3) is 0.368. The Bertz CT molecular complexity index is 617. The Labute approximate surface area is 121 Å². The van der Waals surface area contributed by atoms with E-state index in [0.29, 0.717) is 12.3 Å². The molecule has 0 fully saturated rings. The van der Waals surface area contributed by atoms with Crippen LogP contribution >= 0.6 is 0 Å². The maximum Gasteiger partial charge on any atom is 0.0939 e. The molecule has 3 rings (SSSR count). The Kier molecular flexibility index (Phi) is 3.39. The van der Waals surface area contributed by atoms with Crippen LogP contribution in [0, 0.1) is 6.92 Å². The molecule has 2 aromatic rings. The molecule has 0 saturated heterocycles. The van der Waals surface area contributed by atoms with E-state index in [1.165, 1.54) is 16.7 Å². The lowest BCUT2D eigenvalue weighted by molar-refractivity contribution is 0.0159. The van der Waals surface area contributed by atoms with Crippen LogP contribution in [0.4, 0.5) is 0 Å². The molecule has 1 aliphatic rings. The predicted octanol–water partition coefficient (Wildman–Crippen LogP) is 4.32. The number of aliphatic hydroxyl groups is 1. The van der Waals surface area contributed by atoms with Gasteiger partial charge < -0.3 is 5.11 Å². The molecule has 20 heavy (non-hydrogen) atoms. The van der Waals surface area contributed by atoms with Gasteiger partial charge in [-0.1, -0.05) is 61.0 Å². The molecule has 1 heteroatoms. The van der Waals surface area contributed by atoms with Crippen LogP contribution in [0.5, 0.6) is 0 Å². The van der Waals surface area contributed by atoms with Crippen molar-refractivity contribution in [3.05, 3.63) is 70.8 Å². The van der Waals surface area contributed by atoms with Gasteiger partial charge in [0.15, 0.2) is 0 Å². The van der Waals surface area contributed by atoms with Crippen molar-refractivity contribution in [2.24, 2.45) is 0 Å². The Morgan fingerprint density at radius 2 is 1.95 bits per heavy atom. The van der Waals surface area contributed by atoms with Gasteiger partial charge >= 0.3 is 0 Å². The average molecular weight is 266 g/mol. The third-order valence-electron chi connectivity index (χ3n) is 4.56. The molecule has 0 aliphatic heterocycles. The second kappa shape index (κ2) is 5.06. The molecule has 0 amide bonds. The van der Waals surface area contributed by atoms with Crippen molar-refractivity contribution in [1.29, 1.82) is 0 Å². The summed E-state index contributed by atoms with van der Waals surface area (Å²) in [5.74, 6) is 0.545. The van der Waals surface area contributed by atoms with E-state index in [1.54, 1.807) is 0 Å². The summed E-state index contributed by atoms with van der Waals surface area (Å²) < 4.78 is 0. The fourth-order valence-corrected chi connectivity index (χ4v) is 3.44. The van der Waals surface area contributed by atoms with Gasteiger partial charge in [0.1, 0.15) is 0 Å². The molecule has 2 atom stereocenters. The lowest BCUT2D eigenvalue weighted by Gasteiger charge is -2.37. The first-order valence-electron chi connectivity index (χ1n) is 7.46. The predicted molar refractivity (Wildman–Crippen MR) is 82.9 cm³/mol. The van der Waals surface area contributed by atoms with Crippen molar-refractivity contribution >= 4 is 0 Å². The number of fused-ring (bicyclic) bond motifs is 1. The van der Waals surface area contributed by atoms with Crippen molar-refractivity contribution in [2.75, 3.05) is 0 Å². The zero-order valence-electron chi connectivity index (χ0n) is 12.3. The maximum absolute atomic E-state index is 11.2. The molecule has 0 heterocycles. The third-order valence-corrected chi connectivity index (χ3v) is 4.56. The van der Waals surface area contributed by atoms with Gasteiger partial charge in [0.25, 0.3) is 0 Å². The molecule has 0 bridgehead atoms. The molecule has 0 spiro atoms. The SMILES string of the molecule is Cc1cccc(CC2(O)CCC(C)c3ccccc32)c1. The number of hydrogen-bond acceptors (Lipinski definition) is 1. The quantitative estimate of drug-likeness (QED) is 0.858. The van der Waals surface area contributed by atoms with Gasteiger partial charge in [-0.25, -0.2) is 0 Å². The summed E-state index contributed by atoms with van der Waals surface area (Å²) in [5.41, 5.74) is 4.20. The standard InChI is InChI=1S/C19H22O/c1-14-6-5-7-16(12-14)13-19(20)11-10-15(2)17-8-3-4-9-18(17)19/h3-9,12,15,20H,10-11,13H2,1-2H3. The Morgan fingerprint density at radius 3 is 2.75 bits per heavy atom. The summed E-state index contributed by atoms with van der Waals surface area (Å²) in [6, 6.07) is 16.9. The minimum Gasteiger partial charge on any atom is -0.385 e. The zero-order valence-corrected chi connectivity index (χ0v) is 12.3. The molecule has 2 unspecified atom stereocenters. The third kappa shape index (κ3) is 2.38. The van der Waals surface area contributed by atoms with Crippen LogP contribution in [-0.2, 0) is 12.0 Å². The summed E-state index contributed by atoms with van der Waals surface area (Å²) in [6.45, 7) is 4.36. The van der Waals surface area contributed by atoms with Crippen molar-refractivity contribution < 1.29 is 5.11 Å². The molecular weight excluding hydrogens is 244 g/mol. The summed E-state index contributed by atoms with van der Waals surface area (Å²) in [7, 11) is 0. The van der Waals surface area contributed by atoms with Gasteiger partial charge in [0, 0.05) is 6.42 Å². The van der Waals surface area contributed by atoms with E-state index in [-0.39, 0.29) is 0 Å². The van der Waals surface area contributed by atoms with Gasteiger partial charge in [-0.15, -0.1) is 0 Å². The van der Waals surface area contributed by atoms with Gasteiger partial charge in [-0.2, -0.15) is 0 Å². The largest absolute Gasteiger partial charge is 0.385 e. The first-order valence-corrected chi connectivity index (χ1v) is 7.46. The molecular formula is C19H22O. The van der Waals surface area contributed by atoms with E-state index < -0.39 is 5.60 Å². The number of benzene rings is 2. The lowest BCUT2D eigenvalue weighted by atomic mass is 9.72. The highest BCUT2D eigenvalue weighted by Crippen LogP contribution is 2.42. The molecule has 1 nitrogen and oxygen atoms in total. The molecule has 1 aliphatic carbocycles. The van der Waals surface area contributed by atoms with Crippen LogP contribution in [0.15, 0.2) is 48.5 Å². The van der Waals surface area contributed by atoms with Crippen molar-refractivity contribution in [1.82, 2.24) is 0 Å². The lowest BCUT2D eigenvalue weighted by Crippen LogP contribution is -2.34. The van der Waals surface area contributed by atoms with Crippen LogP contribution < -0.4 is 0 Å². The smallest absolute Gasteiger partial charge is 0.0939 e. The summed E-state index contributed by atoms with van der Waals surface area (Å²) in [5, 5.41) is 11.2. The fourth-order valence-electron chi connectivity index (χ4n) is 3.44. The van der Waals surface area contributed by atoms with E-state index in [9.17, 15) is 5.11 Å². The van der Waals surface area contributed by atoms with E-state index in [2.05, 4.69) is 56.3 Å². The minimum absolute atomic E-state index is 0.545. The van der Waals surface area contributed by atoms with Gasteiger partial charge in [0.05, 0.1) is 5.60 Å². The normalized spacial score (nSPS) is 25.2. The van der Waals surface area contributed by atoms with Crippen LogP contribution in [0.1, 0.15) is 47.9 Å². The molecule has 104 valence electrons. The number of hydrogen-bond donors (Lipinski definition) is 1. The number of aryl methyl sites for hydroxylation is 1. The Balaban J connectivity index is 1.98. The van der Waals surface area contributed by atoms with E-state index >= 15 is 0 Å². The molecule has 1 N–H and O–H groups in total. The Hall–Kier alpha value is -1.60. The first kappa shape index (κ1) is 13.4. The highest BCUT2D eigenvalue weighted by atomic mass is 16.3. The zero-order chi connectivity index (χ0) is 14.2. The van der Waals surface area contributed by atoms with Gasteiger partial charge in [-0.05, 0) is 42.4 Å². The molecule has 2 aromatic carbocycles. The van der Waals surface area contributed by atoms with Gasteiger partial charge in [0.2, 0.25) is 0 Å². The molecule has 0 aromatic heterocycles. The summed E-state index contributed by atoms with van der Waals surface area (Å²) in [4.78, 5) is 0. The first-order chi connectivity index (χ1) is 9.58. The van der Waals surface area contributed by atoms with Crippen LogP contribution in [-0.4, -0.2) is 5.11 Å². The Morgan fingerprint density at radius 1 is 1.15 bits per heavy atom. The van der Waals surface area contributed by atoms with Crippen molar-refractivity contribution in [3.63, 3.8) is 0 Å². The minimum atomic E-state index is -0.711. The van der Waals surface area contributed by atoms with Crippen LogP contribution in [0.2, 0.25) is 0 Å². The highest BCUT2D eigenvalue weighted by Gasteiger charge is 2.36. The second-order valence-electron chi connectivity index (χ2n) is 6.22. The monoisotopic (exact) mass is 266 g/mol. The highest BCUT2D eigenvalue weighted by molar-refractivity contribution is 5.39. The summed E-state index contributed by atoms with van der Waals surface area (Å²) >= 11 is 0. The van der Waals surface area contributed by atoms with E-state index in [1.807, 2.05) is 6.07 Å². The van der Waals surface area contributed by atoms with Gasteiger partial charge in [-0.3, -0.25) is 0 Å². The van der Waals surface area contributed by atoms with E-state index in [4.69, 9.17) is 0 Å². The van der Waals surface area contributed by atoms with Crippen LogP contribution in [0.3, 0.4) is 0 Å². The second-order valence-corrected chi connectivity index (χ2v) is 6.22.